The average Bonchev–Trinajstić information content (AvgIpc) is 2.90. The summed E-state index contributed by atoms with van der Waals surface area (Å²) in [5.41, 5.74) is 6.04. The van der Waals surface area contributed by atoms with Crippen LogP contribution in [0.3, 0.4) is 0 Å². The number of aromatic amines is 1. The average molecular weight is 268 g/mol. The molecule has 20 heavy (non-hydrogen) atoms. The minimum Gasteiger partial charge on any atom is -0.497 e. The number of nitrogens with one attached hydrogen (secondary N) is 1. The van der Waals surface area contributed by atoms with Crippen molar-refractivity contribution in [3.8, 4) is 16.9 Å². The van der Waals surface area contributed by atoms with E-state index in [-0.39, 0.29) is 0 Å². The maximum Gasteiger partial charge on any atom is 0.118 e. The molecule has 1 heterocycles. The zero-order valence-electron chi connectivity index (χ0n) is 12.1. The van der Waals surface area contributed by atoms with Gasteiger partial charge in [-0.1, -0.05) is 18.2 Å². The summed E-state index contributed by atoms with van der Waals surface area (Å²) in [5, 5.41) is 7.67. The van der Waals surface area contributed by atoms with E-state index in [4.69, 9.17) is 4.74 Å². The first-order chi connectivity index (χ1) is 9.79. The minimum atomic E-state index is 0.883. The Morgan fingerprint density at radius 2 is 1.95 bits per heavy atom. The van der Waals surface area contributed by atoms with Gasteiger partial charge < -0.3 is 4.74 Å². The van der Waals surface area contributed by atoms with Crippen LogP contribution in [-0.4, -0.2) is 17.3 Å². The van der Waals surface area contributed by atoms with Gasteiger partial charge in [0.1, 0.15) is 5.75 Å². The summed E-state index contributed by atoms with van der Waals surface area (Å²) in [6.07, 6.45) is 7.20. The summed E-state index contributed by atoms with van der Waals surface area (Å²) in [6, 6.07) is 8.20. The van der Waals surface area contributed by atoms with Crippen molar-refractivity contribution in [3.05, 3.63) is 41.7 Å². The van der Waals surface area contributed by atoms with Gasteiger partial charge in [-0.25, -0.2) is 0 Å². The monoisotopic (exact) mass is 268 g/mol. The van der Waals surface area contributed by atoms with Crippen LogP contribution in [0.4, 0.5) is 0 Å². The fraction of sp³-hybridized carbons (Fsp3) is 0.353. The summed E-state index contributed by atoms with van der Waals surface area (Å²) in [4.78, 5) is 0. The molecule has 0 unspecified atom stereocenters. The second-order valence-corrected chi connectivity index (χ2v) is 5.28. The number of aryl methyl sites for hydroxylation is 1. The highest BCUT2D eigenvalue weighted by Gasteiger charge is 2.17. The summed E-state index contributed by atoms with van der Waals surface area (Å²) < 4.78 is 5.23. The molecule has 0 spiro atoms. The van der Waals surface area contributed by atoms with E-state index < -0.39 is 0 Å². The predicted molar refractivity (Wildman–Crippen MR) is 81.8 cm³/mol. The highest BCUT2D eigenvalue weighted by molar-refractivity contribution is 5.81. The Hall–Kier alpha value is -2.03. The maximum atomic E-state index is 5.23. The van der Waals surface area contributed by atoms with Crippen molar-refractivity contribution in [2.24, 2.45) is 0 Å². The Morgan fingerprint density at radius 1 is 1.15 bits per heavy atom. The van der Waals surface area contributed by atoms with E-state index in [0.717, 1.165) is 23.6 Å². The molecule has 0 atom stereocenters. The van der Waals surface area contributed by atoms with E-state index in [9.17, 15) is 0 Å². The Bertz CT molecular complexity index is 623. The third-order valence-electron chi connectivity index (χ3n) is 3.92. The van der Waals surface area contributed by atoms with Crippen molar-refractivity contribution in [2.75, 3.05) is 7.11 Å². The van der Waals surface area contributed by atoms with Gasteiger partial charge in [-0.15, -0.1) is 0 Å². The lowest BCUT2D eigenvalue weighted by Crippen LogP contribution is -1.94. The number of ether oxygens (including phenoxy) is 1. The van der Waals surface area contributed by atoms with Crippen molar-refractivity contribution in [3.63, 3.8) is 0 Å². The zero-order chi connectivity index (χ0) is 13.9. The first kappa shape index (κ1) is 13.0. The van der Waals surface area contributed by atoms with E-state index >= 15 is 0 Å². The molecule has 0 radical (unpaired) electrons. The number of allylic oxidation sites excluding steroid dienone is 2. The second kappa shape index (κ2) is 5.53. The number of benzene rings is 1. The molecule has 0 aliphatic heterocycles. The molecular formula is C17H20N2O. The lowest BCUT2D eigenvalue weighted by Gasteiger charge is -2.13. The second-order valence-electron chi connectivity index (χ2n) is 5.28. The van der Waals surface area contributed by atoms with Gasteiger partial charge in [0.15, 0.2) is 0 Å². The molecule has 104 valence electrons. The van der Waals surface area contributed by atoms with E-state index in [0.29, 0.717) is 0 Å². The standard InChI is InChI=1S/C17H20N2O/c1-12-16(13-8-10-15(20-2)11-9-13)17(19-18-12)14-6-4-3-5-7-14/h6,8-11H,3-5,7H2,1-2H3,(H,18,19). The number of nitrogens with zero attached hydrogens (tertiary/aromatic N) is 1. The Labute approximate surface area is 119 Å². The molecule has 1 N–H and O–H groups in total. The Balaban J connectivity index is 2.03. The van der Waals surface area contributed by atoms with E-state index in [1.807, 2.05) is 12.1 Å². The molecule has 1 aromatic heterocycles. The highest BCUT2D eigenvalue weighted by Crippen LogP contribution is 2.35. The Kier molecular flexibility index (Phi) is 3.59. The third kappa shape index (κ3) is 2.36. The van der Waals surface area contributed by atoms with Gasteiger partial charge in [0.05, 0.1) is 12.8 Å². The largest absolute Gasteiger partial charge is 0.497 e. The third-order valence-corrected chi connectivity index (χ3v) is 3.92. The van der Waals surface area contributed by atoms with Gasteiger partial charge in [-0.2, -0.15) is 5.10 Å². The van der Waals surface area contributed by atoms with Crippen LogP contribution in [0.25, 0.3) is 16.7 Å². The van der Waals surface area contributed by atoms with Crippen molar-refractivity contribution >= 4 is 5.57 Å². The van der Waals surface area contributed by atoms with Gasteiger partial charge in [0.25, 0.3) is 0 Å². The Morgan fingerprint density at radius 3 is 2.60 bits per heavy atom. The van der Waals surface area contributed by atoms with Crippen molar-refractivity contribution < 1.29 is 4.74 Å². The molecule has 3 nitrogen and oxygen atoms in total. The van der Waals surface area contributed by atoms with Crippen LogP contribution >= 0.6 is 0 Å². The van der Waals surface area contributed by atoms with Crippen molar-refractivity contribution in [2.45, 2.75) is 32.6 Å². The van der Waals surface area contributed by atoms with Crippen LogP contribution in [0, 0.1) is 6.92 Å². The first-order valence-corrected chi connectivity index (χ1v) is 7.18. The molecule has 1 aliphatic carbocycles. The summed E-state index contributed by atoms with van der Waals surface area (Å²) in [6.45, 7) is 2.08. The number of hydrogen-bond donors (Lipinski definition) is 1. The smallest absolute Gasteiger partial charge is 0.118 e. The van der Waals surface area contributed by atoms with Gasteiger partial charge in [-0.05, 0) is 55.9 Å². The molecule has 0 amide bonds. The van der Waals surface area contributed by atoms with Crippen LogP contribution in [0.5, 0.6) is 5.75 Å². The summed E-state index contributed by atoms with van der Waals surface area (Å²) in [7, 11) is 1.69. The quantitative estimate of drug-likeness (QED) is 0.898. The van der Waals surface area contributed by atoms with Crippen LogP contribution in [-0.2, 0) is 0 Å². The van der Waals surface area contributed by atoms with Crippen molar-refractivity contribution in [1.82, 2.24) is 10.2 Å². The number of aromatic nitrogens is 2. The van der Waals surface area contributed by atoms with Crippen LogP contribution in [0.15, 0.2) is 30.3 Å². The normalized spacial score (nSPS) is 15.0. The van der Waals surface area contributed by atoms with Gasteiger partial charge in [0.2, 0.25) is 0 Å². The summed E-state index contributed by atoms with van der Waals surface area (Å²) in [5.74, 6) is 0.883. The number of rotatable bonds is 3. The van der Waals surface area contributed by atoms with E-state index in [1.165, 1.54) is 36.0 Å². The SMILES string of the molecule is COc1ccc(-c2c(C3=CCCCC3)n[nH]c2C)cc1. The highest BCUT2D eigenvalue weighted by atomic mass is 16.5. The van der Waals surface area contributed by atoms with Gasteiger partial charge >= 0.3 is 0 Å². The van der Waals surface area contributed by atoms with Gasteiger partial charge in [0, 0.05) is 11.3 Å². The molecule has 0 saturated carbocycles. The molecule has 0 bridgehead atoms. The number of hydrogen-bond acceptors (Lipinski definition) is 2. The number of methoxy groups -OCH3 is 1. The van der Waals surface area contributed by atoms with Crippen LogP contribution in [0.2, 0.25) is 0 Å². The van der Waals surface area contributed by atoms with E-state index in [1.54, 1.807) is 7.11 Å². The molecule has 1 aliphatic rings. The molecule has 2 aromatic rings. The molecule has 1 aromatic carbocycles. The lowest BCUT2D eigenvalue weighted by atomic mass is 9.92. The maximum absolute atomic E-state index is 5.23. The molecule has 0 fully saturated rings. The van der Waals surface area contributed by atoms with Crippen LogP contribution < -0.4 is 4.74 Å². The molecule has 0 saturated heterocycles. The van der Waals surface area contributed by atoms with Crippen LogP contribution in [0.1, 0.15) is 37.1 Å². The fourth-order valence-corrected chi connectivity index (χ4v) is 2.83. The number of H-pyrrole nitrogens is 1. The predicted octanol–water partition coefficient (Wildman–Crippen LogP) is 4.35. The lowest BCUT2D eigenvalue weighted by molar-refractivity contribution is 0.415. The van der Waals surface area contributed by atoms with Gasteiger partial charge in [-0.3, -0.25) is 5.10 Å². The molecular weight excluding hydrogens is 248 g/mol. The summed E-state index contributed by atoms with van der Waals surface area (Å²) >= 11 is 0. The molecule has 3 heteroatoms. The minimum absolute atomic E-state index is 0.883. The van der Waals surface area contributed by atoms with Crippen molar-refractivity contribution in [1.29, 1.82) is 0 Å². The van der Waals surface area contributed by atoms with E-state index in [2.05, 4.69) is 35.3 Å². The fourth-order valence-electron chi connectivity index (χ4n) is 2.83. The first-order valence-electron chi connectivity index (χ1n) is 7.18. The molecule has 3 rings (SSSR count). The topological polar surface area (TPSA) is 37.9 Å². The zero-order valence-corrected chi connectivity index (χ0v) is 12.1.